The number of carbonyl (C=O) groups excluding carboxylic acids is 4. The van der Waals surface area contributed by atoms with Gasteiger partial charge < -0.3 is 24.8 Å². The van der Waals surface area contributed by atoms with Crippen LogP contribution in [0.5, 0.6) is 11.5 Å². The van der Waals surface area contributed by atoms with Crippen LogP contribution in [-0.4, -0.2) is 67.7 Å². The molecule has 0 unspecified atom stereocenters. The normalized spacial score (nSPS) is 17.0. The maximum absolute atomic E-state index is 12.5. The fourth-order valence-electron chi connectivity index (χ4n) is 3.60. The molecule has 30 heavy (non-hydrogen) atoms. The zero-order valence-electron chi connectivity index (χ0n) is 16.8. The number of imide groups is 1. The van der Waals surface area contributed by atoms with Gasteiger partial charge in [0.1, 0.15) is 18.7 Å². The molecule has 0 radical (unpaired) electrons. The van der Waals surface area contributed by atoms with E-state index in [0.717, 1.165) is 17.7 Å². The van der Waals surface area contributed by atoms with E-state index < -0.39 is 42.5 Å². The van der Waals surface area contributed by atoms with Gasteiger partial charge in [0.25, 0.3) is 11.8 Å². The minimum atomic E-state index is -0.879. The topological polar surface area (TPSA) is 123 Å². The number of carbonyl (C=O) groups is 4. The van der Waals surface area contributed by atoms with Gasteiger partial charge in [-0.15, -0.1) is 0 Å². The molecule has 4 amide bonds. The Morgan fingerprint density at radius 3 is 2.57 bits per heavy atom. The molecule has 0 bridgehead atoms. The largest absolute Gasteiger partial charge is 0.493 e. The molecule has 10 nitrogen and oxygen atoms in total. The lowest BCUT2D eigenvalue weighted by Gasteiger charge is -2.19. The summed E-state index contributed by atoms with van der Waals surface area (Å²) < 4.78 is 15.6. The number of amides is 4. The third-order valence-corrected chi connectivity index (χ3v) is 5.11. The van der Waals surface area contributed by atoms with E-state index in [-0.39, 0.29) is 13.2 Å². The standard InChI is InChI=1S/C20H25N3O7/c1-28-14-6-2-3-7-15(14)29-11-10-21-16(24)13-30-17(25)12-23-18(26)20(22-19(23)27)8-4-5-9-20/h2-3,6-7H,4-5,8-13H2,1H3,(H,21,24)(H,22,27). The average Bonchev–Trinajstić information content (AvgIpc) is 3.30. The summed E-state index contributed by atoms with van der Waals surface area (Å²) in [6.07, 6.45) is 2.85. The highest BCUT2D eigenvalue weighted by molar-refractivity contribution is 6.08. The van der Waals surface area contributed by atoms with Crippen molar-refractivity contribution in [3.05, 3.63) is 24.3 Å². The molecule has 1 heterocycles. The summed E-state index contributed by atoms with van der Waals surface area (Å²) in [5, 5.41) is 5.24. The fraction of sp³-hybridized carbons (Fsp3) is 0.500. The second kappa shape index (κ2) is 9.47. The molecule has 1 aliphatic heterocycles. The van der Waals surface area contributed by atoms with Crippen LogP contribution in [-0.2, 0) is 19.1 Å². The Morgan fingerprint density at radius 2 is 1.87 bits per heavy atom. The highest BCUT2D eigenvalue weighted by Crippen LogP contribution is 2.34. The van der Waals surface area contributed by atoms with Crippen molar-refractivity contribution in [1.82, 2.24) is 15.5 Å². The third kappa shape index (κ3) is 4.81. The third-order valence-electron chi connectivity index (χ3n) is 5.11. The zero-order valence-corrected chi connectivity index (χ0v) is 16.8. The highest BCUT2D eigenvalue weighted by atomic mass is 16.5. The number of nitrogens with one attached hydrogen (secondary N) is 2. The maximum Gasteiger partial charge on any atom is 0.326 e. The Balaban J connectivity index is 1.35. The Morgan fingerprint density at radius 1 is 1.17 bits per heavy atom. The van der Waals surface area contributed by atoms with E-state index in [1.165, 1.54) is 7.11 Å². The molecule has 2 aliphatic rings. The Labute approximate surface area is 173 Å². The van der Waals surface area contributed by atoms with Gasteiger partial charge in [0.15, 0.2) is 18.1 Å². The molecular weight excluding hydrogens is 394 g/mol. The molecule has 0 atom stereocenters. The smallest absolute Gasteiger partial charge is 0.326 e. The minimum absolute atomic E-state index is 0.198. The van der Waals surface area contributed by atoms with Gasteiger partial charge in [-0.1, -0.05) is 25.0 Å². The molecule has 162 valence electrons. The highest BCUT2D eigenvalue weighted by Gasteiger charge is 2.52. The summed E-state index contributed by atoms with van der Waals surface area (Å²) in [4.78, 5) is 49.2. The number of ether oxygens (including phenoxy) is 3. The first-order valence-corrected chi connectivity index (χ1v) is 9.77. The van der Waals surface area contributed by atoms with Crippen molar-refractivity contribution in [2.24, 2.45) is 0 Å². The van der Waals surface area contributed by atoms with Crippen LogP contribution < -0.4 is 20.1 Å². The second-order valence-electron chi connectivity index (χ2n) is 7.12. The van der Waals surface area contributed by atoms with Gasteiger partial charge in [-0.05, 0) is 25.0 Å². The molecule has 1 spiro atoms. The Bertz CT molecular complexity index is 820. The van der Waals surface area contributed by atoms with Crippen molar-refractivity contribution in [2.45, 2.75) is 31.2 Å². The van der Waals surface area contributed by atoms with E-state index in [1.54, 1.807) is 18.2 Å². The number of rotatable bonds is 9. The number of urea groups is 1. The van der Waals surface area contributed by atoms with E-state index in [4.69, 9.17) is 14.2 Å². The summed E-state index contributed by atoms with van der Waals surface area (Å²) in [7, 11) is 1.53. The van der Waals surface area contributed by atoms with Gasteiger partial charge in [-0.2, -0.15) is 0 Å². The summed E-state index contributed by atoms with van der Waals surface area (Å²) in [5.41, 5.74) is -0.879. The number of esters is 1. The summed E-state index contributed by atoms with van der Waals surface area (Å²) >= 11 is 0. The van der Waals surface area contributed by atoms with Crippen molar-refractivity contribution in [2.75, 3.05) is 33.4 Å². The van der Waals surface area contributed by atoms with Crippen LogP contribution in [0.3, 0.4) is 0 Å². The summed E-state index contributed by atoms with van der Waals surface area (Å²) in [5.74, 6) is -0.614. The van der Waals surface area contributed by atoms with E-state index in [0.29, 0.717) is 24.3 Å². The fourth-order valence-corrected chi connectivity index (χ4v) is 3.60. The van der Waals surface area contributed by atoms with Gasteiger partial charge in [-0.25, -0.2) is 4.79 Å². The van der Waals surface area contributed by atoms with Crippen molar-refractivity contribution in [1.29, 1.82) is 0 Å². The van der Waals surface area contributed by atoms with E-state index in [2.05, 4.69) is 10.6 Å². The van der Waals surface area contributed by atoms with Crippen LogP contribution in [0.15, 0.2) is 24.3 Å². The minimum Gasteiger partial charge on any atom is -0.493 e. The van der Waals surface area contributed by atoms with Crippen molar-refractivity contribution in [3.63, 3.8) is 0 Å². The van der Waals surface area contributed by atoms with E-state index in [9.17, 15) is 19.2 Å². The van der Waals surface area contributed by atoms with Crippen molar-refractivity contribution >= 4 is 23.8 Å². The van der Waals surface area contributed by atoms with Crippen LogP contribution in [0.1, 0.15) is 25.7 Å². The molecule has 1 saturated carbocycles. The van der Waals surface area contributed by atoms with Gasteiger partial charge >= 0.3 is 12.0 Å². The Hall–Kier alpha value is -3.30. The average molecular weight is 419 g/mol. The number of hydrogen-bond donors (Lipinski definition) is 2. The molecular formula is C20H25N3O7. The van der Waals surface area contributed by atoms with E-state index in [1.807, 2.05) is 6.07 Å². The molecule has 1 aliphatic carbocycles. The predicted octanol–water partition coefficient (Wildman–Crippen LogP) is 0.598. The van der Waals surface area contributed by atoms with Gasteiger partial charge in [0.2, 0.25) is 0 Å². The van der Waals surface area contributed by atoms with Gasteiger partial charge in [0.05, 0.1) is 13.7 Å². The molecule has 1 aromatic rings. The summed E-state index contributed by atoms with van der Waals surface area (Å²) in [6, 6.07) is 6.52. The quantitative estimate of drug-likeness (QED) is 0.341. The SMILES string of the molecule is COc1ccccc1OCCNC(=O)COC(=O)CN1C(=O)NC2(CCCC2)C1=O. The predicted molar refractivity (Wildman–Crippen MR) is 104 cm³/mol. The summed E-state index contributed by atoms with van der Waals surface area (Å²) in [6.45, 7) is -0.631. The number of nitrogens with zero attached hydrogens (tertiary/aromatic N) is 1. The van der Waals surface area contributed by atoms with Gasteiger partial charge in [-0.3, -0.25) is 19.3 Å². The molecule has 10 heteroatoms. The maximum atomic E-state index is 12.5. The van der Waals surface area contributed by atoms with Crippen LogP contribution in [0.2, 0.25) is 0 Å². The number of hydrogen-bond acceptors (Lipinski definition) is 7. The molecule has 2 fully saturated rings. The van der Waals surface area contributed by atoms with Crippen LogP contribution in [0.4, 0.5) is 4.79 Å². The first-order chi connectivity index (χ1) is 14.4. The molecule has 1 saturated heterocycles. The molecule has 2 N–H and O–H groups in total. The van der Waals surface area contributed by atoms with Crippen LogP contribution in [0.25, 0.3) is 0 Å². The van der Waals surface area contributed by atoms with Crippen LogP contribution >= 0.6 is 0 Å². The lowest BCUT2D eigenvalue weighted by molar-refractivity contribution is -0.151. The lowest BCUT2D eigenvalue weighted by Crippen LogP contribution is -2.44. The molecule has 3 rings (SSSR count). The zero-order chi connectivity index (χ0) is 21.6. The molecule has 1 aromatic carbocycles. The number of para-hydroxylation sites is 2. The molecule has 0 aromatic heterocycles. The van der Waals surface area contributed by atoms with Crippen LogP contribution in [0, 0.1) is 0 Å². The number of benzene rings is 1. The number of methoxy groups -OCH3 is 1. The monoisotopic (exact) mass is 419 g/mol. The first kappa shape index (κ1) is 21.4. The van der Waals surface area contributed by atoms with Crippen molar-refractivity contribution in [3.8, 4) is 11.5 Å². The first-order valence-electron chi connectivity index (χ1n) is 9.77. The second-order valence-corrected chi connectivity index (χ2v) is 7.12. The Kier molecular flexibility index (Phi) is 6.76. The van der Waals surface area contributed by atoms with Gasteiger partial charge in [0, 0.05) is 0 Å². The lowest BCUT2D eigenvalue weighted by atomic mass is 9.98. The van der Waals surface area contributed by atoms with Crippen molar-refractivity contribution < 1.29 is 33.4 Å². The van der Waals surface area contributed by atoms with E-state index >= 15 is 0 Å².